The lowest BCUT2D eigenvalue weighted by Crippen LogP contribution is -2.39. The second-order valence-electron chi connectivity index (χ2n) is 5.90. The molecule has 0 aliphatic carbocycles. The molecule has 1 N–H and O–H groups in total. The Labute approximate surface area is 152 Å². The van der Waals surface area contributed by atoms with Crippen molar-refractivity contribution in [1.82, 2.24) is 20.4 Å². The van der Waals surface area contributed by atoms with Crippen LogP contribution in [-0.2, 0) is 6.54 Å². The highest BCUT2D eigenvalue weighted by atomic mass is 16.5. The quantitative estimate of drug-likeness (QED) is 0.848. The number of nitrogens with zero attached hydrogens (tertiary/aromatic N) is 3. The molecule has 1 aromatic heterocycles. The van der Waals surface area contributed by atoms with Gasteiger partial charge in [-0.15, -0.1) is 10.2 Å². The second kappa shape index (κ2) is 8.37. The fourth-order valence-electron chi connectivity index (χ4n) is 2.69. The summed E-state index contributed by atoms with van der Waals surface area (Å²) in [6, 6.07) is 10.9. The van der Waals surface area contributed by atoms with E-state index in [-0.39, 0.29) is 12.1 Å². The van der Waals surface area contributed by atoms with Crippen molar-refractivity contribution < 1.29 is 19.0 Å². The molecular weight excluding hydrogens is 336 g/mol. The molecule has 0 spiro atoms. The number of benzene rings is 1. The van der Waals surface area contributed by atoms with Crippen molar-refractivity contribution >= 4 is 6.03 Å². The summed E-state index contributed by atoms with van der Waals surface area (Å²) < 4.78 is 15.9. The van der Waals surface area contributed by atoms with E-state index in [9.17, 15) is 4.79 Å². The topological polar surface area (TPSA) is 85.8 Å². The lowest BCUT2D eigenvalue weighted by atomic mass is 10.2. The summed E-state index contributed by atoms with van der Waals surface area (Å²) >= 11 is 0. The molecule has 1 aromatic carbocycles. The second-order valence-corrected chi connectivity index (χ2v) is 5.90. The lowest BCUT2D eigenvalue weighted by molar-refractivity contribution is 0.181. The van der Waals surface area contributed by atoms with Crippen molar-refractivity contribution in [3.05, 3.63) is 42.0 Å². The Kier molecular flexibility index (Phi) is 5.73. The molecule has 2 aromatic rings. The lowest BCUT2D eigenvalue weighted by Gasteiger charge is -2.17. The van der Waals surface area contributed by atoms with Crippen molar-refractivity contribution in [2.75, 3.05) is 27.3 Å². The highest BCUT2D eigenvalue weighted by Gasteiger charge is 2.27. The maximum Gasteiger partial charge on any atom is 0.317 e. The maximum atomic E-state index is 12.3. The monoisotopic (exact) mass is 358 g/mol. The van der Waals surface area contributed by atoms with Crippen LogP contribution in [-0.4, -0.2) is 54.5 Å². The molecule has 1 fully saturated rings. The molecule has 138 valence electrons. The molecule has 1 atom stereocenters. The van der Waals surface area contributed by atoms with Crippen LogP contribution in [0.5, 0.6) is 17.5 Å². The summed E-state index contributed by atoms with van der Waals surface area (Å²) in [5.74, 6) is 1.65. The molecule has 26 heavy (non-hydrogen) atoms. The maximum absolute atomic E-state index is 12.3. The Balaban J connectivity index is 1.45. The number of nitrogens with one attached hydrogen (secondary N) is 1. The van der Waals surface area contributed by atoms with E-state index in [0.717, 1.165) is 17.7 Å². The normalized spacial score (nSPS) is 16.2. The van der Waals surface area contributed by atoms with Gasteiger partial charge in [0.1, 0.15) is 11.9 Å². The van der Waals surface area contributed by atoms with E-state index in [0.29, 0.717) is 31.4 Å². The predicted octanol–water partition coefficient (Wildman–Crippen LogP) is 1.86. The van der Waals surface area contributed by atoms with Crippen LogP contribution in [0, 0.1) is 0 Å². The van der Waals surface area contributed by atoms with Crippen molar-refractivity contribution in [3.8, 4) is 17.5 Å². The van der Waals surface area contributed by atoms with E-state index in [1.807, 2.05) is 24.3 Å². The first-order valence-electron chi connectivity index (χ1n) is 8.38. The number of hydrogen-bond acceptors (Lipinski definition) is 6. The summed E-state index contributed by atoms with van der Waals surface area (Å²) in [6.45, 7) is 1.62. The molecule has 2 amide bonds. The Morgan fingerprint density at radius 1 is 1.12 bits per heavy atom. The van der Waals surface area contributed by atoms with Crippen LogP contribution in [0.25, 0.3) is 0 Å². The smallest absolute Gasteiger partial charge is 0.317 e. The van der Waals surface area contributed by atoms with Gasteiger partial charge < -0.3 is 24.4 Å². The summed E-state index contributed by atoms with van der Waals surface area (Å²) in [6.07, 6.45) is 0.661. The number of rotatable bonds is 6. The Hall–Kier alpha value is -3.03. The zero-order valence-corrected chi connectivity index (χ0v) is 14.8. The van der Waals surface area contributed by atoms with Gasteiger partial charge in [-0.05, 0) is 17.7 Å². The van der Waals surface area contributed by atoms with E-state index in [2.05, 4.69) is 15.5 Å². The molecule has 0 saturated carbocycles. The Morgan fingerprint density at radius 3 is 2.50 bits per heavy atom. The zero-order valence-electron chi connectivity index (χ0n) is 14.8. The third kappa shape index (κ3) is 4.53. The zero-order chi connectivity index (χ0) is 18.4. The molecule has 2 heterocycles. The first-order chi connectivity index (χ1) is 12.7. The Morgan fingerprint density at radius 2 is 1.85 bits per heavy atom. The van der Waals surface area contributed by atoms with Gasteiger partial charge in [-0.1, -0.05) is 12.1 Å². The minimum atomic E-state index is -0.104. The average Bonchev–Trinajstić information content (AvgIpc) is 3.15. The molecule has 8 heteroatoms. The summed E-state index contributed by atoms with van der Waals surface area (Å²) in [7, 11) is 3.16. The fraction of sp³-hybridized carbons (Fsp3) is 0.389. The van der Waals surface area contributed by atoms with E-state index >= 15 is 0 Å². The molecule has 1 saturated heterocycles. The van der Waals surface area contributed by atoms with Crippen LogP contribution in [0.1, 0.15) is 12.0 Å². The largest absolute Gasteiger partial charge is 0.497 e. The molecule has 8 nitrogen and oxygen atoms in total. The van der Waals surface area contributed by atoms with Crippen LogP contribution >= 0.6 is 0 Å². The molecule has 1 unspecified atom stereocenters. The number of carbonyl (C=O) groups excluding carboxylic acids is 1. The van der Waals surface area contributed by atoms with Crippen LogP contribution in [0.3, 0.4) is 0 Å². The van der Waals surface area contributed by atoms with Gasteiger partial charge in [0.2, 0.25) is 11.8 Å². The number of hydrogen-bond donors (Lipinski definition) is 1. The molecule has 1 aliphatic rings. The van der Waals surface area contributed by atoms with Gasteiger partial charge in [-0.25, -0.2) is 4.79 Å². The fourth-order valence-corrected chi connectivity index (χ4v) is 2.69. The molecular formula is C18H22N4O4. The summed E-state index contributed by atoms with van der Waals surface area (Å²) in [5, 5.41) is 10.7. The molecule has 0 bridgehead atoms. The summed E-state index contributed by atoms with van der Waals surface area (Å²) in [5.41, 5.74) is 1.01. The van der Waals surface area contributed by atoms with Crippen molar-refractivity contribution in [1.29, 1.82) is 0 Å². The number of methoxy groups -OCH3 is 2. The highest BCUT2D eigenvalue weighted by molar-refractivity contribution is 5.74. The predicted molar refractivity (Wildman–Crippen MR) is 94.4 cm³/mol. The summed E-state index contributed by atoms with van der Waals surface area (Å²) in [4.78, 5) is 14.1. The van der Waals surface area contributed by atoms with Crippen molar-refractivity contribution in [2.45, 2.75) is 19.1 Å². The van der Waals surface area contributed by atoms with Gasteiger partial charge >= 0.3 is 6.03 Å². The van der Waals surface area contributed by atoms with E-state index in [1.165, 1.54) is 7.11 Å². The van der Waals surface area contributed by atoms with E-state index < -0.39 is 0 Å². The van der Waals surface area contributed by atoms with E-state index in [4.69, 9.17) is 14.2 Å². The number of amides is 2. The van der Waals surface area contributed by atoms with Gasteiger partial charge in [-0.3, -0.25) is 0 Å². The number of aromatic nitrogens is 2. The number of ether oxygens (including phenoxy) is 3. The van der Waals surface area contributed by atoms with Crippen LogP contribution < -0.4 is 19.5 Å². The molecule has 3 rings (SSSR count). The SMILES string of the molecule is COc1ccc(CNC(=O)N2CCC(Oc3ccc(OC)nn3)C2)cc1. The van der Waals surface area contributed by atoms with E-state index in [1.54, 1.807) is 24.1 Å². The molecule has 1 aliphatic heterocycles. The third-order valence-corrected chi connectivity index (χ3v) is 4.15. The molecule has 0 radical (unpaired) electrons. The standard InChI is InChI=1S/C18H22N4O4/c1-24-14-5-3-13(4-6-14)11-19-18(23)22-10-9-15(12-22)26-17-8-7-16(25-2)20-21-17/h3-8,15H,9-12H2,1-2H3,(H,19,23). The van der Waals surface area contributed by atoms with Crippen LogP contribution in [0.4, 0.5) is 4.79 Å². The van der Waals surface area contributed by atoms with Gasteiger partial charge in [0.15, 0.2) is 0 Å². The van der Waals surface area contributed by atoms with Gasteiger partial charge in [-0.2, -0.15) is 0 Å². The Bertz CT molecular complexity index is 721. The number of likely N-dealkylation sites (tertiary alicyclic amines) is 1. The third-order valence-electron chi connectivity index (χ3n) is 4.15. The minimum Gasteiger partial charge on any atom is -0.497 e. The van der Waals surface area contributed by atoms with Crippen molar-refractivity contribution in [2.24, 2.45) is 0 Å². The first kappa shape index (κ1) is 17.8. The average molecular weight is 358 g/mol. The minimum absolute atomic E-state index is 0.0931. The van der Waals surface area contributed by atoms with Crippen molar-refractivity contribution in [3.63, 3.8) is 0 Å². The van der Waals surface area contributed by atoms with Crippen LogP contribution in [0.15, 0.2) is 36.4 Å². The highest BCUT2D eigenvalue weighted by Crippen LogP contribution is 2.17. The first-order valence-corrected chi connectivity index (χ1v) is 8.38. The number of carbonyl (C=O) groups is 1. The van der Waals surface area contributed by atoms with Crippen LogP contribution in [0.2, 0.25) is 0 Å². The van der Waals surface area contributed by atoms with Gasteiger partial charge in [0, 0.05) is 31.6 Å². The van der Waals surface area contributed by atoms with Gasteiger partial charge in [0.25, 0.3) is 0 Å². The number of urea groups is 1. The van der Waals surface area contributed by atoms with Gasteiger partial charge in [0.05, 0.1) is 20.8 Å².